The Bertz CT molecular complexity index is 1130. The topological polar surface area (TPSA) is 101 Å². The van der Waals surface area contributed by atoms with Gasteiger partial charge in [-0.05, 0) is 43.4 Å². The molecule has 0 bridgehead atoms. The molecule has 0 fully saturated rings. The van der Waals surface area contributed by atoms with Crippen LogP contribution in [0.1, 0.15) is 52.8 Å². The molecule has 3 rings (SSSR count). The van der Waals surface area contributed by atoms with Crippen LogP contribution in [0.4, 0.5) is 5.69 Å². The summed E-state index contributed by atoms with van der Waals surface area (Å²) in [7, 11) is 0. The standard InChI is InChI=1S/C21H23N3O4S/c1-5-11(2)14-8-6-7-9-15(14)24-16(25)10-28-21(27)18-12(3)17-19(26)22-13(4)23-20(17)29-18/h6-9,11H,5,10H2,1-4H3,(H,24,25)(H,22,23,26)/t11-/m1/s1. The van der Waals surface area contributed by atoms with Crippen LogP contribution in [-0.4, -0.2) is 28.5 Å². The Hall–Kier alpha value is -3.00. The zero-order valence-electron chi connectivity index (χ0n) is 16.8. The number of para-hydroxylation sites is 1. The van der Waals surface area contributed by atoms with Gasteiger partial charge in [-0.15, -0.1) is 11.3 Å². The van der Waals surface area contributed by atoms with Crippen molar-refractivity contribution in [1.82, 2.24) is 9.97 Å². The van der Waals surface area contributed by atoms with Gasteiger partial charge in [0.15, 0.2) is 6.61 Å². The molecule has 0 saturated carbocycles. The number of hydrogen-bond acceptors (Lipinski definition) is 6. The number of benzene rings is 1. The SMILES string of the molecule is CC[C@@H](C)c1ccccc1NC(=O)COC(=O)c1sc2nc(C)[nH]c(=O)c2c1C. The molecule has 0 aliphatic carbocycles. The molecule has 0 unspecified atom stereocenters. The van der Waals surface area contributed by atoms with E-state index < -0.39 is 18.5 Å². The number of anilines is 1. The molecule has 7 nitrogen and oxygen atoms in total. The van der Waals surface area contributed by atoms with Gasteiger partial charge < -0.3 is 15.0 Å². The number of aryl methyl sites for hydroxylation is 2. The van der Waals surface area contributed by atoms with Crippen molar-refractivity contribution in [2.45, 2.75) is 40.0 Å². The van der Waals surface area contributed by atoms with Crippen molar-refractivity contribution in [3.05, 3.63) is 56.4 Å². The number of H-pyrrole nitrogens is 1. The first kappa shape index (κ1) is 20.7. The van der Waals surface area contributed by atoms with Crippen LogP contribution in [0.25, 0.3) is 10.2 Å². The number of aromatic nitrogens is 2. The highest BCUT2D eigenvalue weighted by Crippen LogP contribution is 2.28. The largest absolute Gasteiger partial charge is 0.451 e. The third kappa shape index (κ3) is 4.37. The molecule has 0 aliphatic rings. The summed E-state index contributed by atoms with van der Waals surface area (Å²) in [6, 6.07) is 7.58. The first-order valence-electron chi connectivity index (χ1n) is 9.37. The van der Waals surface area contributed by atoms with E-state index in [0.717, 1.165) is 23.3 Å². The van der Waals surface area contributed by atoms with Gasteiger partial charge in [0.05, 0.1) is 5.39 Å². The molecule has 1 amide bonds. The van der Waals surface area contributed by atoms with Crippen molar-refractivity contribution >= 4 is 39.1 Å². The van der Waals surface area contributed by atoms with Crippen molar-refractivity contribution < 1.29 is 14.3 Å². The van der Waals surface area contributed by atoms with Gasteiger partial charge in [-0.25, -0.2) is 9.78 Å². The van der Waals surface area contributed by atoms with Gasteiger partial charge in [0.25, 0.3) is 11.5 Å². The molecular formula is C21H23N3O4S. The Balaban J connectivity index is 1.71. The van der Waals surface area contributed by atoms with Crippen LogP contribution in [0.5, 0.6) is 0 Å². The number of esters is 1. The van der Waals surface area contributed by atoms with E-state index in [9.17, 15) is 14.4 Å². The fourth-order valence-corrected chi connectivity index (χ4v) is 4.21. The minimum absolute atomic E-state index is 0.274. The molecule has 1 atom stereocenters. The van der Waals surface area contributed by atoms with Gasteiger partial charge in [-0.3, -0.25) is 9.59 Å². The van der Waals surface area contributed by atoms with Crippen molar-refractivity contribution in [1.29, 1.82) is 0 Å². The van der Waals surface area contributed by atoms with Gasteiger partial charge in [-0.2, -0.15) is 0 Å². The second-order valence-corrected chi connectivity index (χ2v) is 7.91. The van der Waals surface area contributed by atoms with E-state index in [2.05, 4.69) is 29.1 Å². The summed E-state index contributed by atoms with van der Waals surface area (Å²) in [6.45, 7) is 7.11. The minimum Gasteiger partial charge on any atom is -0.451 e. The van der Waals surface area contributed by atoms with Gasteiger partial charge >= 0.3 is 5.97 Å². The number of amides is 1. The highest BCUT2D eigenvalue weighted by Gasteiger charge is 2.21. The molecular weight excluding hydrogens is 390 g/mol. The van der Waals surface area contributed by atoms with Crippen LogP contribution in [0.3, 0.4) is 0 Å². The van der Waals surface area contributed by atoms with E-state index in [0.29, 0.717) is 33.2 Å². The maximum atomic E-state index is 12.5. The number of ether oxygens (including phenoxy) is 1. The van der Waals surface area contributed by atoms with Gasteiger partial charge in [0.2, 0.25) is 0 Å². The van der Waals surface area contributed by atoms with E-state index in [1.165, 1.54) is 0 Å². The second-order valence-electron chi connectivity index (χ2n) is 6.91. The lowest BCUT2D eigenvalue weighted by Gasteiger charge is -2.15. The number of aromatic amines is 1. The van der Waals surface area contributed by atoms with Crippen LogP contribution >= 0.6 is 11.3 Å². The van der Waals surface area contributed by atoms with Crippen molar-refractivity contribution in [3.8, 4) is 0 Å². The Morgan fingerprint density at radius 2 is 2.00 bits per heavy atom. The Morgan fingerprint density at radius 3 is 2.72 bits per heavy atom. The lowest BCUT2D eigenvalue weighted by atomic mass is 9.97. The summed E-state index contributed by atoms with van der Waals surface area (Å²) in [5.41, 5.74) is 1.97. The van der Waals surface area contributed by atoms with Crippen LogP contribution < -0.4 is 10.9 Å². The second kappa shape index (κ2) is 8.57. The number of hydrogen-bond donors (Lipinski definition) is 2. The number of fused-ring (bicyclic) bond motifs is 1. The number of carbonyl (C=O) groups excluding carboxylic acids is 2. The highest BCUT2D eigenvalue weighted by atomic mass is 32.1. The quantitative estimate of drug-likeness (QED) is 0.597. The summed E-state index contributed by atoms with van der Waals surface area (Å²) in [4.78, 5) is 44.6. The Morgan fingerprint density at radius 1 is 1.28 bits per heavy atom. The van der Waals surface area contributed by atoms with Gasteiger partial charge in [-0.1, -0.05) is 32.0 Å². The normalized spacial score (nSPS) is 12.0. The average molecular weight is 413 g/mol. The maximum absolute atomic E-state index is 12.5. The third-order valence-electron chi connectivity index (χ3n) is 4.82. The molecule has 2 N–H and O–H groups in total. The van der Waals surface area contributed by atoms with Gasteiger partial charge in [0.1, 0.15) is 15.5 Å². The van der Waals surface area contributed by atoms with E-state index in [-0.39, 0.29) is 10.4 Å². The number of rotatable bonds is 6. The summed E-state index contributed by atoms with van der Waals surface area (Å²) in [5.74, 6) is -0.292. The molecule has 8 heteroatoms. The summed E-state index contributed by atoms with van der Waals surface area (Å²) in [6.07, 6.45) is 0.944. The lowest BCUT2D eigenvalue weighted by molar-refractivity contribution is -0.119. The fourth-order valence-electron chi connectivity index (χ4n) is 3.09. The Labute approximate surface area is 172 Å². The van der Waals surface area contributed by atoms with Crippen LogP contribution in [0.15, 0.2) is 29.1 Å². The van der Waals surface area contributed by atoms with Crippen LogP contribution in [0, 0.1) is 13.8 Å². The fraction of sp³-hybridized carbons (Fsp3) is 0.333. The number of nitrogens with zero attached hydrogens (tertiary/aromatic N) is 1. The zero-order valence-corrected chi connectivity index (χ0v) is 17.6. The van der Waals surface area contributed by atoms with E-state index in [1.54, 1.807) is 13.8 Å². The first-order chi connectivity index (χ1) is 13.8. The highest BCUT2D eigenvalue weighted by molar-refractivity contribution is 7.20. The van der Waals surface area contributed by atoms with Crippen LogP contribution in [0.2, 0.25) is 0 Å². The molecule has 1 aromatic carbocycles. The summed E-state index contributed by atoms with van der Waals surface area (Å²) >= 11 is 1.09. The monoisotopic (exact) mass is 413 g/mol. The molecule has 0 radical (unpaired) electrons. The predicted molar refractivity (Wildman–Crippen MR) is 114 cm³/mol. The molecule has 0 aliphatic heterocycles. The molecule has 0 spiro atoms. The van der Waals surface area contributed by atoms with E-state index >= 15 is 0 Å². The van der Waals surface area contributed by atoms with E-state index in [1.807, 2.05) is 24.3 Å². The summed E-state index contributed by atoms with van der Waals surface area (Å²) in [5, 5.41) is 3.18. The lowest BCUT2D eigenvalue weighted by Crippen LogP contribution is -2.21. The smallest absolute Gasteiger partial charge is 0.349 e. The van der Waals surface area contributed by atoms with Crippen molar-refractivity contribution in [2.24, 2.45) is 0 Å². The van der Waals surface area contributed by atoms with Crippen LogP contribution in [-0.2, 0) is 9.53 Å². The van der Waals surface area contributed by atoms with Crippen molar-refractivity contribution in [3.63, 3.8) is 0 Å². The first-order valence-corrected chi connectivity index (χ1v) is 10.2. The van der Waals surface area contributed by atoms with Crippen molar-refractivity contribution in [2.75, 3.05) is 11.9 Å². The molecule has 2 heterocycles. The number of thiophene rings is 1. The predicted octanol–water partition coefficient (Wildman–Crippen LogP) is 3.91. The summed E-state index contributed by atoms with van der Waals surface area (Å²) < 4.78 is 5.19. The van der Waals surface area contributed by atoms with Gasteiger partial charge in [0, 0.05) is 5.69 Å². The van der Waals surface area contributed by atoms with E-state index in [4.69, 9.17) is 4.74 Å². The third-order valence-corrected chi connectivity index (χ3v) is 5.98. The molecule has 2 aromatic heterocycles. The molecule has 3 aromatic rings. The maximum Gasteiger partial charge on any atom is 0.349 e. The average Bonchev–Trinajstić information content (AvgIpc) is 3.02. The minimum atomic E-state index is -0.645. The number of carbonyl (C=O) groups is 2. The number of nitrogens with one attached hydrogen (secondary N) is 2. The molecule has 29 heavy (non-hydrogen) atoms. The molecule has 152 valence electrons. The Kier molecular flexibility index (Phi) is 6.12. The molecule has 0 saturated heterocycles. The zero-order chi connectivity index (χ0) is 21.1.